The smallest absolute Gasteiger partial charge is 0.348 e. The molecule has 9 heteroatoms. The van der Waals surface area contributed by atoms with E-state index in [1.807, 2.05) is 6.92 Å². The molecular weight excluding hydrogens is 358 g/mol. The van der Waals surface area contributed by atoms with Crippen molar-refractivity contribution in [2.75, 3.05) is 19.0 Å². The predicted molar refractivity (Wildman–Crippen MR) is 96.7 cm³/mol. The normalized spacial score (nSPS) is 11.7. The first kappa shape index (κ1) is 19.6. The van der Waals surface area contributed by atoms with Gasteiger partial charge in [-0.3, -0.25) is 9.48 Å². The minimum atomic E-state index is -0.632. The number of esters is 2. The van der Waals surface area contributed by atoms with Crippen LogP contribution in [0.4, 0.5) is 5.00 Å². The van der Waals surface area contributed by atoms with Crippen LogP contribution in [-0.2, 0) is 14.3 Å². The van der Waals surface area contributed by atoms with Crippen LogP contribution in [0.5, 0.6) is 0 Å². The molecule has 2 aromatic rings. The van der Waals surface area contributed by atoms with Crippen molar-refractivity contribution < 1.29 is 23.9 Å². The number of carbonyl (C=O) groups excluding carboxylic acids is 3. The third-order valence-corrected chi connectivity index (χ3v) is 4.94. The van der Waals surface area contributed by atoms with E-state index in [9.17, 15) is 14.4 Å². The van der Waals surface area contributed by atoms with E-state index < -0.39 is 18.0 Å². The largest absolute Gasteiger partial charge is 0.465 e. The highest BCUT2D eigenvalue weighted by Gasteiger charge is 2.28. The fourth-order valence-corrected chi connectivity index (χ4v) is 3.42. The first-order valence-corrected chi connectivity index (χ1v) is 8.83. The summed E-state index contributed by atoms with van der Waals surface area (Å²) in [5.74, 6) is -1.54. The van der Waals surface area contributed by atoms with E-state index in [0.717, 1.165) is 17.0 Å². The van der Waals surface area contributed by atoms with Crippen LogP contribution in [-0.4, -0.2) is 41.3 Å². The minimum absolute atomic E-state index is 0.151. The third kappa shape index (κ3) is 3.93. The number of nitrogens with one attached hydrogen (secondary N) is 1. The van der Waals surface area contributed by atoms with Gasteiger partial charge in [0.2, 0.25) is 5.91 Å². The number of nitrogens with zero attached hydrogens (tertiary/aromatic N) is 2. The molecular formula is C17H21N3O5S. The number of thiophene rings is 1. The molecule has 0 aliphatic rings. The number of aromatic nitrogens is 2. The fraction of sp³-hybridized carbons (Fsp3) is 0.412. The summed E-state index contributed by atoms with van der Waals surface area (Å²) in [5.41, 5.74) is 1.35. The molecule has 0 aliphatic heterocycles. The van der Waals surface area contributed by atoms with Gasteiger partial charge in [-0.05, 0) is 39.3 Å². The Morgan fingerprint density at radius 3 is 2.54 bits per heavy atom. The van der Waals surface area contributed by atoms with Gasteiger partial charge in [-0.2, -0.15) is 5.10 Å². The van der Waals surface area contributed by atoms with Crippen molar-refractivity contribution in [1.82, 2.24) is 9.78 Å². The Morgan fingerprint density at radius 2 is 2.00 bits per heavy atom. The van der Waals surface area contributed by atoms with Gasteiger partial charge in [0.15, 0.2) is 0 Å². The van der Waals surface area contributed by atoms with Gasteiger partial charge in [0.25, 0.3) is 0 Å². The molecule has 2 heterocycles. The molecule has 2 aromatic heterocycles. The van der Waals surface area contributed by atoms with E-state index in [0.29, 0.717) is 5.56 Å². The molecule has 1 atom stereocenters. The maximum absolute atomic E-state index is 12.6. The number of anilines is 1. The van der Waals surface area contributed by atoms with Crippen LogP contribution < -0.4 is 5.32 Å². The number of hydrogen-bond donors (Lipinski definition) is 1. The molecule has 0 fully saturated rings. The molecule has 0 spiro atoms. The van der Waals surface area contributed by atoms with Crippen LogP contribution in [0.25, 0.3) is 0 Å². The quantitative estimate of drug-likeness (QED) is 0.775. The number of hydrogen-bond acceptors (Lipinski definition) is 7. The Balaban J connectivity index is 2.35. The van der Waals surface area contributed by atoms with Crippen LogP contribution in [0.3, 0.4) is 0 Å². The van der Waals surface area contributed by atoms with Gasteiger partial charge >= 0.3 is 11.9 Å². The molecule has 2 rings (SSSR count). The van der Waals surface area contributed by atoms with Crippen LogP contribution in [0.2, 0.25) is 0 Å². The number of methoxy groups -OCH3 is 1. The Kier molecular flexibility index (Phi) is 6.14. The fourth-order valence-electron chi connectivity index (χ4n) is 2.33. The zero-order valence-electron chi connectivity index (χ0n) is 15.3. The summed E-state index contributed by atoms with van der Waals surface area (Å²) in [6.07, 6.45) is 1.70. The van der Waals surface area contributed by atoms with Gasteiger partial charge in [0.1, 0.15) is 15.9 Å². The van der Waals surface area contributed by atoms with E-state index in [1.165, 1.54) is 11.8 Å². The van der Waals surface area contributed by atoms with Gasteiger partial charge in [0, 0.05) is 6.20 Å². The average molecular weight is 379 g/mol. The summed E-state index contributed by atoms with van der Waals surface area (Å²) in [6.45, 7) is 7.03. The SMILES string of the molecule is CCOC(=O)c1sc(NC(=O)C(C)n2ccc(C)n2)c(C(=O)OC)c1C. The van der Waals surface area contributed by atoms with E-state index >= 15 is 0 Å². The molecule has 140 valence electrons. The lowest BCUT2D eigenvalue weighted by Crippen LogP contribution is -2.24. The van der Waals surface area contributed by atoms with Crippen molar-refractivity contribution in [3.05, 3.63) is 34.0 Å². The van der Waals surface area contributed by atoms with Gasteiger partial charge in [-0.25, -0.2) is 9.59 Å². The zero-order chi connectivity index (χ0) is 19.4. The van der Waals surface area contributed by atoms with E-state index in [-0.39, 0.29) is 28.0 Å². The molecule has 8 nitrogen and oxygen atoms in total. The Morgan fingerprint density at radius 1 is 1.31 bits per heavy atom. The molecule has 0 bridgehead atoms. The van der Waals surface area contributed by atoms with Crippen molar-refractivity contribution >= 4 is 34.2 Å². The second-order valence-corrected chi connectivity index (χ2v) is 6.60. The van der Waals surface area contributed by atoms with E-state index in [1.54, 1.807) is 33.0 Å². The molecule has 0 aromatic carbocycles. The highest BCUT2D eigenvalue weighted by molar-refractivity contribution is 7.18. The Bertz CT molecular complexity index is 840. The summed E-state index contributed by atoms with van der Waals surface area (Å²) in [6, 6.07) is 1.19. The monoisotopic (exact) mass is 379 g/mol. The Hall–Kier alpha value is -2.68. The number of carbonyl (C=O) groups is 3. The lowest BCUT2D eigenvalue weighted by molar-refractivity contribution is -0.119. The highest BCUT2D eigenvalue weighted by Crippen LogP contribution is 2.34. The summed E-state index contributed by atoms with van der Waals surface area (Å²) in [4.78, 5) is 37.1. The molecule has 26 heavy (non-hydrogen) atoms. The van der Waals surface area contributed by atoms with Crippen molar-refractivity contribution in [3.8, 4) is 0 Å². The first-order chi connectivity index (χ1) is 12.3. The summed E-state index contributed by atoms with van der Waals surface area (Å²) in [5, 5.41) is 7.17. The van der Waals surface area contributed by atoms with Crippen LogP contribution >= 0.6 is 11.3 Å². The topological polar surface area (TPSA) is 99.5 Å². The van der Waals surface area contributed by atoms with E-state index in [4.69, 9.17) is 9.47 Å². The number of aryl methyl sites for hydroxylation is 1. The van der Waals surface area contributed by atoms with Crippen LogP contribution in [0.1, 0.15) is 51.2 Å². The third-order valence-electron chi connectivity index (χ3n) is 3.75. The second kappa shape index (κ2) is 8.13. The first-order valence-electron chi connectivity index (χ1n) is 8.01. The molecule has 0 radical (unpaired) electrons. The molecule has 0 aliphatic carbocycles. The minimum Gasteiger partial charge on any atom is -0.465 e. The Labute approximate surface area is 155 Å². The predicted octanol–water partition coefficient (Wildman–Crippen LogP) is 2.72. The van der Waals surface area contributed by atoms with Crippen molar-refractivity contribution in [2.45, 2.75) is 33.7 Å². The van der Waals surface area contributed by atoms with Gasteiger partial charge < -0.3 is 14.8 Å². The van der Waals surface area contributed by atoms with Gasteiger partial charge in [0.05, 0.1) is 25.0 Å². The van der Waals surface area contributed by atoms with Gasteiger partial charge in [-0.1, -0.05) is 0 Å². The summed E-state index contributed by atoms with van der Waals surface area (Å²) in [7, 11) is 1.24. The summed E-state index contributed by atoms with van der Waals surface area (Å²) < 4.78 is 11.3. The molecule has 0 saturated carbocycles. The average Bonchev–Trinajstić information content (AvgIpc) is 3.17. The van der Waals surface area contributed by atoms with Crippen LogP contribution in [0.15, 0.2) is 12.3 Å². The maximum atomic E-state index is 12.6. The molecule has 1 N–H and O–H groups in total. The lowest BCUT2D eigenvalue weighted by Gasteiger charge is -2.12. The zero-order valence-corrected chi connectivity index (χ0v) is 16.1. The van der Waals surface area contributed by atoms with Gasteiger partial charge in [-0.15, -0.1) is 11.3 Å². The standard InChI is InChI=1S/C17H21N3O5S/c1-6-25-17(23)13-10(3)12(16(22)24-5)15(26-13)18-14(21)11(4)20-8-7-9(2)19-20/h7-8,11H,6H2,1-5H3,(H,18,21). The molecule has 1 amide bonds. The second-order valence-electron chi connectivity index (χ2n) is 5.57. The maximum Gasteiger partial charge on any atom is 0.348 e. The molecule has 1 unspecified atom stereocenters. The molecule has 0 saturated heterocycles. The number of ether oxygens (including phenoxy) is 2. The van der Waals surface area contributed by atoms with Crippen LogP contribution in [0, 0.1) is 13.8 Å². The van der Waals surface area contributed by atoms with E-state index in [2.05, 4.69) is 10.4 Å². The van der Waals surface area contributed by atoms with Crippen molar-refractivity contribution in [2.24, 2.45) is 0 Å². The van der Waals surface area contributed by atoms with Crippen molar-refractivity contribution in [3.63, 3.8) is 0 Å². The van der Waals surface area contributed by atoms with Crippen molar-refractivity contribution in [1.29, 1.82) is 0 Å². The lowest BCUT2D eigenvalue weighted by atomic mass is 10.1. The number of rotatable bonds is 6. The highest BCUT2D eigenvalue weighted by atomic mass is 32.1. The summed E-state index contributed by atoms with van der Waals surface area (Å²) >= 11 is 0.987. The number of amides is 1.